The third kappa shape index (κ3) is 11.3. The van der Waals surface area contributed by atoms with E-state index in [1.807, 2.05) is 134 Å². The van der Waals surface area contributed by atoms with E-state index in [2.05, 4.69) is 144 Å². The molecule has 0 bridgehead atoms. The number of halogens is 2. The van der Waals surface area contributed by atoms with E-state index in [1.54, 1.807) is 42.5 Å². The Bertz CT molecular complexity index is 7270. The highest BCUT2D eigenvalue weighted by Gasteiger charge is 2.51. The number of nitrogens with zero attached hydrogens (tertiary/aromatic N) is 2. The number of rotatable bonds is 4. The zero-order valence-corrected chi connectivity index (χ0v) is 71.2. The number of imide groups is 2. The van der Waals surface area contributed by atoms with Crippen molar-refractivity contribution in [3.05, 3.63) is 327 Å². The number of ether oxygens (including phenoxy) is 4. The molecule has 14 aromatic rings. The largest absolute Gasteiger partial charge is 0.426 e. The second-order valence-electron chi connectivity index (χ2n) is 34.0. The number of aryl methyl sites for hydroxylation is 3. The normalized spacial score (nSPS) is 15.8. The van der Waals surface area contributed by atoms with Gasteiger partial charge in [0.15, 0.2) is 0 Å². The van der Waals surface area contributed by atoms with Gasteiger partial charge in [0.1, 0.15) is 11.5 Å². The van der Waals surface area contributed by atoms with Crippen LogP contribution in [-0.2, 0) is 40.7 Å². The van der Waals surface area contributed by atoms with Gasteiger partial charge >= 0.3 is 35.8 Å². The van der Waals surface area contributed by atoms with Crippen LogP contribution in [-0.4, -0.2) is 59.4 Å². The van der Waals surface area contributed by atoms with Crippen LogP contribution in [0.15, 0.2) is 221 Å². The van der Waals surface area contributed by atoms with Crippen LogP contribution in [0.4, 0.5) is 11.4 Å². The Morgan fingerprint density at radius 1 is 0.281 bits per heavy atom. The van der Waals surface area contributed by atoms with Crippen molar-refractivity contribution in [2.45, 2.75) is 112 Å². The maximum Gasteiger partial charge on any atom is 0.347 e. The number of amides is 4. The summed E-state index contributed by atoms with van der Waals surface area (Å²) in [5.74, 6) is -3.29. The highest BCUT2D eigenvalue weighted by molar-refractivity contribution is 9.10. The predicted octanol–water partition coefficient (Wildman–Crippen LogP) is 23.1. The predicted molar refractivity (Wildman–Crippen MR) is 473 cm³/mol. The summed E-state index contributed by atoms with van der Waals surface area (Å²) in [6.07, 6.45) is 0. The van der Waals surface area contributed by atoms with Gasteiger partial charge in [-0.15, -0.1) is 0 Å². The van der Waals surface area contributed by atoms with Crippen molar-refractivity contribution in [3.63, 3.8) is 0 Å². The van der Waals surface area contributed by atoms with Crippen LogP contribution in [0, 0.1) is 20.8 Å². The van der Waals surface area contributed by atoms with Gasteiger partial charge in [-0.05, 0) is 215 Å². The zero-order valence-electron chi connectivity index (χ0n) is 68.1. The molecular weight excluding hydrogens is 1650 g/mol. The quantitative estimate of drug-likeness (QED) is 0.0694. The lowest BCUT2D eigenvalue weighted by Gasteiger charge is -2.23. The molecule has 0 radical (unpaired) electrons. The summed E-state index contributed by atoms with van der Waals surface area (Å²) >= 11 is 6.84. The molecule has 121 heavy (non-hydrogen) atoms. The second kappa shape index (κ2) is 27.3. The van der Waals surface area contributed by atoms with E-state index < -0.39 is 46.6 Å². The van der Waals surface area contributed by atoms with Gasteiger partial charge in [-0.25, -0.2) is 29.0 Å². The third-order valence-corrected chi connectivity index (χ3v) is 26.7. The molecule has 22 rings (SSSR count). The number of hydrogen-bond acceptors (Lipinski definition) is 14. The molecule has 594 valence electrons. The number of benzene rings is 14. The number of anilines is 2. The molecule has 0 unspecified atom stereocenters. The van der Waals surface area contributed by atoms with Crippen molar-refractivity contribution >= 4 is 146 Å². The Balaban J connectivity index is 0.000000107. The van der Waals surface area contributed by atoms with E-state index in [-0.39, 0.29) is 34.5 Å². The number of fused-ring (bicyclic) bond motifs is 28. The van der Waals surface area contributed by atoms with E-state index in [0.717, 1.165) is 125 Å². The van der Waals surface area contributed by atoms with E-state index in [9.17, 15) is 47.9 Å². The number of carbonyl (C=O) groups excluding carboxylic acids is 10. The summed E-state index contributed by atoms with van der Waals surface area (Å²) in [6, 6.07) is 67.6. The summed E-state index contributed by atoms with van der Waals surface area (Å²) in [5.41, 5.74) is 21.9. The minimum absolute atomic E-state index is 0.236. The minimum Gasteiger partial charge on any atom is -0.426 e. The first-order chi connectivity index (χ1) is 57.6. The van der Waals surface area contributed by atoms with Crippen molar-refractivity contribution in [3.8, 4) is 56.0 Å². The maximum absolute atomic E-state index is 13.9. The third-order valence-electron chi connectivity index (χ3n) is 25.6. The smallest absolute Gasteiger partial charge is 0.347 e. The molecule has 14 aromatic carbocycles. The first-order valence-corrected chi connectivity index (χ1v) is 41.3. The van der Waals surface area contributed by atoms with Gasteiger partial charge in [-0.2, -0.15) is 0 Å². The van der Waals surface area contributed by atoms with Crippen LogP contribution >= 0.6 is 31.9 Å². The molecule has 18 heteroatoms. The summed E-state index contributed by atoms with van der Waals surface area (Å²) in [6.45, 7) is 26.0. The first kappa shape index (κ1) is 77.5. The second-order valence-corrected chi connectivity index (χ2v) is 35.8. The van der Waals surface area contributed by atoms with Crippen LogP contribution in [0.3, 0.4) is 0 Å². The molecule has 0 N–H and O–H groups in total. The molecule has 4 amide bonds. The van der Waals surface area contributed by atoms with E-state index in [4.69, 9.17) is 18.9 Å². The lowest BCUT2D eigenvalue weighted by molar-refractivity contribution is -0.132. The summed E-state index contributed by atoms with van der Waals surface area (Å²) in [7, 11) is 0. The number of esters is 6. The van der Waals surface area contributed by atoms with Crippen molar-refractivity contribution in [2.75, 3.05) is 9.80 Å². The fourth-order valence-electron chi connectivity index (χ4n) is 19.9. The molecule has 0 saturated heterocycles. The molecule has 4 heterocycles. The van der Waals surface area contributed by atoms with Crippen LogP contribution in [0.2, 0.25) is 0 Å². The van der Waals surface area contributed by atoms with E-state index in [1.165, 1.54) is 56.7 Å². The standard InChI is InChI=1S/C29H20BrNO4.C29H22BrNO2.C23H16O5.C22H16O3/c1-15(32)35-23-14-22-24(19-7-5-4-6-18(19)23)26-21(29(22,2)3)13-12-20-25(26)28(34)31(27(20)33)17-10-8-16(30)9-11-17;1-15-13-21-24(20-8-6-5-7-19(15)20)25-22(29(21,3)4)14-16(2)23-26(25)28(33)31(27(23)32)18-11-9-17(30)10-12-18;1-11(24)27-17-10-16-18(13-7-5-4-6-12(13)17)20-15(23(16,2)3)9-8-14-19(20)22(26)28-21(14)25;1-11-10-16-17(13-7-5-4-6-12(11)13)19-15(22(16,2)3)9-8-14-18(19)21(24)25-20(14)23/h4-14H,1-3H3;5-14H,1-4H3;4-10H,1-3H3;4-10H,1-3H3. The Labute approximate surface area is 712 Å². The molecule has 0 spiro atoms. The van der Waals surface area contributed by atoms with Gasteiger partial charge in [0.2, 0.25) is 0 Å². The highest BCUT2D eigenvalue weighted by atomic mass is 79.9. The van der Waals surface area contributed by atoms with Crippen LogP contribution in [0.25, 0.3) is 87.6 Å². The molecule has 0 atom stereocenters. The number of hydrogen-bond donors (Lipinski definition) is 0. The van der Waals surface area contributed by atoms with Crippen molar-refractivity contribution in [1.29, 1.82) is 0 Å². The Morgan fingerprint density at radius 2 is 0.570 bits per heavy atom. The molecule has 8 aliphatic rings. The summed E-state index contributed by atoms with van der Waals surface area (Å²) < 4.78 is 22.6. The minimum atomic E-state index is -0.617. The maximum atomic E-state index is 13.9. The van der Waals surface area contributed by atoms with Gasteiger partial charge in [-0.1, -0.05) is 221 Å². The average molecular weight is 1720 g/mol. The van der Waals surface area contributed by atoms with Crippen molar-refractivity contribution in [1.82, 2.24) is 0 Å². The molecule has 16 nitrogen and oxygen atoms in total. The van der Waals surface area contributed by atoms with Crippen molar-refractivity contribution < 1.29 is 66.9 Å². The lowest BCUT2D eigenvalue weighted by atomic mass is 9.80. The topological polar surface area (TPSA) is 214 Å². The molecule has 0 saturated carbocycles. The Morgan fingerprint density at radius 3 is 0.959 bits per heavy atom. The fourth-order valence-corrected chi connectivity index (χ4v) is 20.5. The van der Waals surface area contributed by atoms with E-state index >= 15 is 0 Å². The summed E-state index contributed by atoms with van der Waals surface area (Å²) in [4.78, 5) is 130. The highest BCUT2D eigenvalue weighted by Crippen LogP contribution is 2.61. The molecule has 4 aliphatic carbocycles. The number of cyclic esters (lactones) is 4. The Hall–Kier alpha value is -13.4. The van der Waals surface area contributed by atoms with Crippen LogP contribution in [0.1, 0.15) is 213 Å². The van der Waals surface area contributed by atoms with Crippen molar-refractivity contribution in [2.24, 2.45) is 0 Å². The van der Waals surface area contributed by atoms with E-state index in [0.29, 0.717) is 67.4 Å². The van der Waals surface area contributed by atoms with Crippen LogP contribution in [0.5, 0.6) is 11.5 Å². The van der Waals surface area contributed by atoms with Gasteiger partial charge in [0, 0.05) is 77.5 Å². The summed E-state index contributed by atoms with van der Waals surface area (Å²) in [5, 5.41) is 7.89. The fraction of sp³-hybridized carbons (Fsp3) is 0.165. The van der Waals surface area contributed by atoms with Gasteiger partial charge in [0.25, 0.3) is 23.6 Å². The first-order valence-electron chi connectivity index (χ1n) is 39.7. The molecule has 0 aromatic heterocycles. The monoisotopic (exact) mass is 1720 g/mol. The van der Waals surface area contributed by atoms with Gasteiger partial charge in [0.05, 0.1) is 55.9 Å². The van der Waals surface area contributed by atoms with Crippen LogP contribution < -0.4 is 19.3 Å². The SMILES string of the molecule is CC(=O)Oc1cc2c(c3ccccc13)-c1c(ccc3c1C(=O)N(c1ccc(Br)cc1)C3=O)C2(C)C.CC(=O)Oc1cc2c(c3ccccc13)-c1c(ccc3c1C(=O)OC3=O)C2(C)C.Cc1cc2c(c3c1C(=O)N(c1ccc(Br)cc1)C3=O)-c1c(cc(C)c3ccccc13)C2(C)C.Cc1cc2c(c3ccccc13)-c1c(ccc3c1C(=O)OC3=O)C2(C)C. The molecular formula is C103H74Br2N2O14. The van der Waals surface area contributed by atoms with Gasteiger partial charge < -0.3 is 18.9 Å². The average Bonchev–Trinajstić information content (AvgIpc) is 1.55. The zero-order chi connectivity index (χ0) is 85.2. The number of carbonyl (C=O) groups is 10. The Kier molecular flexibility index (Phi) is 17.5. The molecule has 0 fully saturated rings. The lowest BCUT2D eigenvalue weighted by Crippen LogP contribution is -2.29. The molecule has 4 aliphatic heterocycles. The van der Waals surface area contributed by atoms with Gasteiger partial charge in [-0.3, -0.25) is 28.8 Å².